The van der Waals surface area contributed by atoms with Crippen LogP contribution >= 0.6 is 0 Å². The Kier molecular flexibility index (Phi) is 5.23. The molecule has 1 atom stereocenters. The third-order valence-corrected chi connectivity index (χ3v) is 5.96. The van der Waals surface area contributed by atoms with E-state index in [-0.39, 0.29) is 22.8 Å². The number of hydrogen-bond acceptors (Lipinski definition) is 4. The van der Waals surface area contributed by atoms with Crippen molar-refractivity contribution in [2.24, 2.45) is 0 Å². The van der Waals surface area contributed by atoms with Crippen LogP contribution in [0.3, 0.4) is 0 Å². The van der Waals surface area contributed by atoms with E-state index in [0.29, 0.717) is 39.1 Å². The number of rotatable bonds is 4. The van der Waals surface area contributed by atoms with Crippen LogP contribution in [0.2, 0.25) is 0 Å². The highest BCUT2D eigenvalue weighted by Gasteiger charge is 2.46. The number of amides is 2. The topological polar surface area (TPSA) is 59.1 Å². The molecule has 1 saturated carbocycles. The van der Waals surface area contributed by atoms with Gasteiger partial charge in [-0.1, -0.05) is 12.1 Å². The number of ether oxygens (including phenoxy) is 2. The number of para-hydroxylation sites is 1. The summed E-state index contributed by atoms with van der Waals surface area (Å²) in [5, 5.41) is 0. The van der Waals surface area contributed by atoms with Gasteiger partial charge in [-0.15, -0.1) is 0 Å². The molecule has 3 aliphatic rings. The van der Waals surface area contributed by atoms with Crippen LogP contribution in [0.5, 0.6) is 5.75 Å². The molecule has 2 heterocycles. The van der Waals surface area contributed by atoms with Crippen molar-refractivity contribution in [2.45, 2.75) is 50.4 Å². The Balaban J connectivity index is 1.50. The predicted molar refractivity (Wildman–Crippen MR) is 96.2 cm³/mol. The zero-order valence-corrected chi connectivity index (χ0v) is 15.6. The lowest BCUT2D eigenvalue weighted by Crippen LogP contribution is -2.60. The van der Waals surface area contributed by atoms with Crippen molar-refractivity contribution in [3.63, 3.8) is 0 Å². The minimum absolute atomic E-state index is 0.0555. The van der Waals surface area contributed by atoms with Gasteiger partial charge in [-0.25, -0.2) is 0 Å². The second-order valence-electron chi connectivity index (χ2n) is 7.68. The average Bonchev–Trinajstić information content (AvgIpc) is 3.15. The van der Waals surface area contributed by atoms with Crippen LogP contribution in [0.15, 0.2) is 24.3 Å². The minimum Gasteiger partial charge on any atom is -0.434 e. The van der Waals surface area contributed by atoms with Gasteiger partial charge < -0.3 is 19.3 Å². The third kappa shape index (κ3) is 3.57. The van der Waals surface area contributed by atoms with Gasteiger partial charge >= 0.3 is 6.61 Å². The zero-order chi connectivity index (χ0) is 19.7. The van der Waals surface area contributed by atoms with Gasteiger partial charge in [-0.3, -0.25) is 9.59 Å². The fourth-order valence-corrected chi connectivity index (χ4v) is 4.38. The van der Waals surface area contributed by atoms with Crippen molar-refractivity contribution in [3.05, 3.63) is 29.8 Å². The highest BCUT2D eigenvalue weighted by Crippen LogP contribution is 2.38. The first kappa shape index (κ1) is 19.1. The number of carbonyl (C=O) groups is 2. The Morgan fingerprint density at radius 3 is 2.68 bits per heavy atom. The fourth-order valence-electron chi connectivity index (χ4n) is 4.38. The number of carbonyl (C=O) groups excluding carboxylic acids is 2. The molecule has 2 saturated heterocycles. The van der Waals surface area contributed by atoms with Gasteiger partial charge in [0.2, 0.25) is 5.91 Å². The van der Waals surface area contributed by atoms with Gasteiger partial charge in [0, 0.05) is 19.6 Å². The molecule has 28 heavy (non-hydrogen) atoms. The maximum Gasteiger partial charge on any atom is 0.387 e. The van der Waals surface area contributed by atoms with E-state index in [0.717, 1.165) is 19.3 Å². The van der Waals surface area contributed by atoms with Crippen LogP contribution in [0, 0.1) is 0 Å². The molecule has 8 heteroatoms. The molecule has 0 unspecified atom stereocenters. The smallest absolute Gasteiger partial charge is 0.387 e. The molecule has 3 fully saturated rings. The molecule has 0 radical (unpaired) electrons. The van der Waals surface area contributed by atoms with Gasteiger partial charge in [0.15, 0.2) is 0 Å². The molecule has 1 aromatic carbocycles. The first-order chi connectivity index (χ1) is 13.5. The van der Waals surface area contributed by atoms with Crippen molar-refractivity contribution < 1.29 is 27.8 Å². The SMILES string of the molecule is O=C([C@H]1CCCN1C(=O)c1ccccc1OC(F)F)N1CCOC2(CCC2)C1. The summed E-state index contributed by atoms with van der Waals surface area (Å²) in [5.74, 6) is -0.688. The Morgan fingerprint density at radius 1 is 1.18 bits per heavy atom. The monoisotopic (exact) mass is 394 g/mol. The van der Waals surface area contributed by atoms with E-state index >= 15 is 0 Å². The Hall–Kier alpha value is -2.22. The summed E-state index contributed by atoms with van der Waals surface area (Å²) in [7, 11) is 0. The van der Waals surface area contributed by atoms with E-state index in [4.69, 9.17) is 4.74 Å². The zero-order valence-electron chi connectivity index (χ0n) is 15.6. The van der Waals surface area contributed by atoms with Crippen molar-refractivity contribution >= 4 is 11.8 Å². The molecule has 0 bridgehead atoms. The first-order valence-corrected chi connectivity index (χ1v) is 9.77. The van der Waals surface area contributed by atoms with Crippen molar-refractivity contribution in [3.8, 4) is 5.75 Å². The van der Waals surface area contributed by atoms with Crippen LogP contribution in [0.25, 0.3) is 0 Å². The first-order valence-electron chi connectivity index (χ1n) is 9.77. The van der Waals surface area contributed by atoms with E-state index in [9.17, 15) is 18.4 Å². The molecule has 1 spiro atoms. The minimum atomic E-state index is -3.02. The number of halogens is 2. The van der Waals surface area contributed by atoms with Gasteiger partial charge in [0.25, 0.3) is 5.91 Å². The van der Waals surface area contributed by atoms with Crippen LogP contribution in [0.4, 0.5) is 8.78 Å². The van der Waals surface area contributed by atoms with Gasteiger partial charge in [-0.2, -0.15) is 8.78 Å². The van der Waals surface area contributed by atoms with Gasteiger partial charge in [0.05, 0.1) is 17.8 Å². The van der Waals surface area contributed by atoms with Crippen LogP contribution in [-0.2, 0) is 9.53 Å². The van der Waals surface area contributed by atoms with Crippen molar-refractivity contribution in [1.29, 1.82) is 0 Å². The molecular weight excluding hydrogens is 370 g/mol. The van der Waals surface area contributed by atoms with E-state index in [1.54, 1.807) is 11.0 Å². The maximum absolute atomic E-state index is 13.2. The quantitative estimate of drug-likeness (QED) is 0.788. The van der Waals surface area contributed by atoms with Crippen LogP contribution in [-0.4, -0.2) is 66.1 Å². The fraction of sp³-hybridized carbons (Fsp3) is 0.600. The average molecular weight is 394 g/mol. The van der Waals surface area contributed by atoms with Crippen molar-refractivity contribution in [1.82, 2.24) is 9.80 Å². The molecule has 2 aliphatic heterocycles. The van der Waals surface area contributed by atoms with Crippen molar-refractivity contribution in [2.75, 3.05) is 26.2 Å². The summed E-state index contributed by atoms with van der Waals surface area (Å²) in [5.41, 5.74) is -0.154. The van der Waals surface area contributed by atoms with Gasteiger partial charge in [0.1, 0.15) is 11.8 Å². The normalized spacial score (nSPS) is 23.8. The van der Waals surface area contributed by atoms with E-state index in [1.807, 2.05) is 0 Å². The maximum atomic E-state index is 13.2. The summed E-state index contributed by atoms with van der Waals surface area (Å²) in [6.45, 7) is -0.998. The molecule has 152 valence electrons. The standard InChI is InChI=1S/C20H24F2N2O4/c21-19(22)28-16-7-2-1-5-14(16)17(25)24-10-3-6-15(24)18(26)23-11-12-27-20(13-23)8-4-9-20/h1-2,5,7,15,19H,3-4,6,8-13H2/t15-/m1/s1. The molecule has 1 aliphatic carbocycles. The Morgan fingerprint density at radius 2 is 1.96 bits per heavy atom. The number of nitrogens with zero attached hydrogens (tertiary/aromatic N) is 2. The van der Waals surface area contributed by atoms with E-state index in [2.05, 4.69) is 4.74 Å². The summed E-state index contributed by atoms with van der Waals surface area (Å²) >= 11 is 0. The summed E-state index contributed by atoms with van der Waals surface area (Å²) < 4.78 is 35.7. The second kappa shape index (κ2) is 7.66. The number of hydrogen-bond donors (Lipinski definition) is 0. The second-order valence-corrected chi connectivity index (χ2v) is 7.68. The highest BCUT2D eigenvalue weighted by molar-refractivity contribution is 6.00. The molecular formula is C20H24F2N2O4. The summed E-state index contributed by atoms with van der Waals surface area (Å²) in [6, 6.07) is 5.36. The molecule has 2 amide bonds. The summed E-state index contributed by atoms with van der Waals surface area (Å²) in [6.07, 6.45) is 4.31. The van der Waals surface area contributed by atoms with E-state index in [1.165, 1.54) is 23.1 Å². The lowest BCUT2D eigenvalue weighted by atomic mass is 9.78. The lowest BCUT2D eigenvalue weighted by Gasteiger charge is -2.49. The lowest BCUT2D eigenvalue weighted by molar-refractivity contribution is -0.170. The van der Waals surface area contributed by atoms with Crippen LogP contribution in [0.1, 0.15) is 42.5 Å². The van der Waals surface area contributed by atoms with Gasteiger partial charge in [-0.05, 0) is 44.2 Å². The number of alkyl halides is 2. The summed E-state index contributed by atoms with van der Waals surface area (Å²) in [4.78, 5) is 29.5. The molecule has 4 rings (SSSR count). The molecule has 0 aromatic heterocycles. The van der Waals surface area contributed by atoms with E-state index < -0.39 is 18.6 Å². The number of likely N-dealkylation sites (tertiary alicyclic amines) is 1. The predicted octanol–water partition coefficient (Wildman–Crippen LogP) is 2.67. The molecule has 1 aromatic rings. The highest BCUT2D eigenvalue weighted by atomic mass is 19.3. The third-order valence-electron chi connectivity index (χ3n) is 5.96. The largest absolute Gasteiger partial charge is 0.434 e. The molecule has 0 N–H and O–H groups in total. The number of benzene rings is 1. The molecule has 6 nitrogen and oxygen atoms in total. The Bertz CT molecular complexity index is 753. The van der Waals surface area contributed by atoms with Crippen LogP contribution < -0.4 is 4.74 Å². The Labute approximate surface area is 162 Å². The number of morpholine rings is 1.